The van der Waals surface area contributed by atoms with Crippen LogP contribution in [0.3, 0.4) is 0 Å². The number of hydrogen-bond acceptors (Lipinski definition) is 6. The maximum atomic E-state index is 5.97. The predicted molar refractivity (Wildman–Crippen MR) is 245 cm³/mol. The number of allylic oxidation sites excluding steroid dienone is 4. The molecule has 0 amide bonds. The molecule has 4 aromatic carbocycles. The minimum Gasteiger partial charge on any atom is -0.377 e. The largest absolute Gasteiger partial charge is 0.377 e. The molecule has 0 radical (unpaired) electrons. The van der Waals surface area contributed by atoms with Crippen molar-refractivity contribution in [3.63, 3.8) is 0 Å². The molecule has 58 heavy (non-hydrogen) atoms. The van der Waals surface area contributed by atoms with Crippen molar-refractivity contribution < 1.29 is 9.47 Å². The molecule has 0 aliphatic heterocycles. The third-order valence-corrected chi connectivity index (χ3v) is 10.4. The van der Waals surface area contributed by atoms with E-state index < -0.39 is 0 Å². The van der Waals surface area contributed by atoms with Crippen molar-refractivity contribution in [1.82, 2.24) is 20.4 Å². The lowest BCUT2D eigenvalue weighted by molar-refractivity contribution is 0.0516. The number of ether oxygens (including phenoxy) is 2. The van der Waals surface area contributed by atoms with Gasteiger partial charge in [0, 0.05) is 0 Å². The maximum Gasteiger partial charge on any atom is 0.185 e. The highest BCUT2D eigenvalue weighted by atomic mass is 16.5. The van der Waals surface area contributed by atoms with Crippen LogP contribution in [0, 0.1) is 39.8 Å². The Morgan fingerprint density at radius 3 is 1.10 bits per heavy atom. The van der Waals surface area contributed by atoms with Crippen molar-refractivity contribution >= 4 is 11.4 Å². The van der Waals surface area contributed by atoms with Gasteiger partial charge < -0.3 is 20.1 Å². The first-order valence-corrected chi connectivity index (χ1v) is 21.2. The highest BCUT2D eigenvalue weighted by molar-refractivity contribution is 5.66. The first-order chi connectivity index (χ1) is 28.3. The molecule has 0 aliphatic carbocycles. The fraction of sp³-hybridized carbons (Fsp3) is 0.385. The second-order valence-corrected chi connectivity index (χ2v) is 14.7. The van der Waals surface area contributed by atoms with E-state index in [-0.39, 0.29) is 12.1 Å². The molecule has 0 bridgehead atoms. The lowest BCUT2D eigenvalue weighted by Crippen LogP contribution is -2.27. The summed E-state index contributed by atoms with van der Waals surface area (Å²) in [6.07, 6.45) is 15.5. The standard InChI is InChI=1S/C52H68N4O2/c1-9-55(10-2)51(47-31-23-43(7)24-32-47)17-13-15-49(45-27-19-41(5)20-28-45)53-35-37-57-39-40-58-38-36-54-50(46-29-21-42(6)22-30-46)16-14-18-52(56(11-3)12-4)48-33-25-44(8)26-34-48/h15-34,51-54H,9-12,35-40H2,1-8H3/q+2/b49-15+,50-16+. The zero-order valence-corrected chi connectivity index (χ0v) is 36.5. The number of likely N-dealkylation sites (N-methyl/N-ethyl adjacent to an activating group) is 2. The van der Waals surface area contributed by atoms with Gasteiger partial charge in [-0.05, 0) is 89.3 Å². The number of nitrogens with one attached hydrogen (secondary N) is 2. The van der Waals surface area contributed by atoms with Gasteiger partial charge in [0.15, 0.2) is 23.5 Å². The van der Waals surface area contributed by atoms with Crippen LogP contribution in [0.1, 0.15) is 84.3 Å². The zero-order valence-electron chi connectivity index (χ0n) is 36.5. The summed E-state index contributed by atoms with van der Waals surface area (Å²) in [7, 11) is 0. The van der Waals surface area contributed by atoms with E-state index in [1.165, 1.54) is 33.4 Å². The molecular weight excluding hydrogens is 713 g/mol. The molecule has 306 valence electrons. The SMILES string of the molecule is CCN(CC)C(C=[C+]/C=C(/NCCOCCOCCN/C(=C/[C+]=CC(c1ccc(C)cc1)N(CC)CC)c1ccc(C)cc1)c1ccc(C)cc1)c1ccc(C)cc1. The van der Waals surface area contributed by atoms with Crippen LogP contribution < -0.4 is 10.6 Å². The summed E-state index contributed by atoms with van der Waals surface area (Å²) in [4.78, 5) is 4.90. The van der Waals surface area contributed by atoms with E-state index in [0.29, 0.717) is 39.5 Å². The maximum absolute atomic E-state index is 5.97. The van der Waals surface area contributed by atoms with Gasteiger partial charge in [-0.1, -0.05) is 123 Å². The minimum atomic E-state index is 0.157. The van der Waals surface area contributed by atoms with E-state index in [4.69, 9.17) is 9.47 Å². The third kappa shape index (κ3) is 15.1. The van der Waals surface area contributed by atoms with E-state index in [9.17, 15) is 0 Å². The summed E-state index contributed by atoms with van der Waals surface area (Å²) in [6.45, 7) is 24.7. The monoisotopic (exact) mass is 781 g/mol. The Morgan fingerprint density at radius 2 is 0.793 bits per heavy atom. The van der Waals surface area contributed by atoms with E-state index in [0.717, 1.165) is 48.7 Å². The topological polar surface area (TPSA) is 49.0 Å². The normalized spacial score (nSPS) is 13.3. The molecular formula is C52H68N4O2+2. The molecule has 2 N–H and O–H groups in total. The Hall–Kier alpha value is -4.90. The van der Waals surface area contributed by atoms with Crippen LogP contribution >= 0.6 is 0 Å². The summed E-state index contributed by atoms with van der Waals surface area (Å²) in [6, 6.07) is 35.2. The predicted octanol–water partition coefficient (Wildman–Crippen LogP) is 10.4. The van der Waals surface area contributed by atoms with Crippen molar-refractivity contribution in [2.45, 2.75) is 67.5 Å². The molecule has 2 unspecified atom stereocenters. The zero-order chi connectivity index (χ0) is 41.5. The molecule has 0 saturated heterocycles. The van der Waals surface area contributed by atoms with Crippen molar-refractivity contribution in [3.8, 4) is 0 Å². The molecule has 0 aromatic heterocycles. The fourth-order valence-corrected chi connectivity index (χ4v) is 6.81. The van der Waals surface area contributed by atoms with Gasteiger partial charge in [-0.25, -0.2) is 0 Å². The van der Waals surface area contributed by atoms with Crippen molar-refractivity contribution in [2.75, 3.05) is 65.7 Å². The van der Waals surface area contributed by atoms with Crippen LogP contribution in [0.15, 0.2) is 121 Å². The van der Waals surface area contributed by atoms with Crippen molar-refractivity contribution in [2.24, 2.45) is 0 Å². The molecule has 0 spiro atoms. The fourth-order valence-electron chi connectivity index (χ4n) is 6.81. The molecule has 0 heterocycles. The van der Waals surface area contributed by atoms with E-state index in [1.807, 2.05) is 0 Å². The smallest absolute Gasteiger partial charge is 0.185 e. The van der Waals surface area contributed by atoms with E-state index >= 15 is 0 Å². The average molecular weight is 781 g/mol. The second-order valence-electron chi connectivity index (χ2n) is 14.7. The highest BCUT2D eigenvalue weighted by Gasteiger charge is 2.19. The Kier molecular flexibility index (Phi) is 20.1. The van der Waals surface area contributed by atoms with Gasteiger partial charge in [0.2, 0.25) is 0 Å². The van der Waals surface area contributed by atoms with Crippen molar-refractivity contribution in [1.29, 1.82) is 0 Å². The number of nitrogens with zero attached hydrogens (tertiary/aromatic N) is 2. The average Bonchev–Trinajstić information content (AvgIpc) is 3.24. The molecule has 2 atom stereocenters. The van der Waals surface area contributed by atoms with Crippen LogP contribution in [0.2, 0.25) is 0 Å². The van der Waals surface area contributed by atoms with Gasteiger partial charge in [0.25, 0.3) is 0 Å². The van der Waals surface area contributed by atoms with Crippen LogP contribution in [-0.2, 0) is 9.47 Å². The number of rotatable bonds is 25. The third-order valence-electron chi connectivity index (χ3n) is 10.4. The Balaban J connectivity index is 1.28. The quantitative estimate of drug-likeness (QED) is 0.0397. The van der Waals surface area contributed by atoms with Crippen LogP contribution in [0.25, 0.3) is 11.4 Å². The highest BCUT2D eigenvalue weighted by Crippen LogP contribution is 2.24. The summed E-state index contributed by atoms with van der Waals surface area (Å²) < 4.78 is 11.9. The van der Waals surface area contributed by atoms with Crippen LogP contribution in [0.5, 0.6) is 0 Å². The van der Waals surface area contributed by atoms with Gasteiger partial charge >= 0.3 is 0 Å². The number of hydrogen-bond donors (Lipinski definition) is 2. The molecule has 6 nitrogen and oxygen atoms in total. The number of benzene rings is 4. The van der Waals surface area contributed by atoms with Gasteiger partial charge in [0.1, 0.15) is 0 Å². The molecule has 0 aliphatic rings. The summed E-state index contributed by atoms with van der Waals surface area (Å²) in [5.74, 6) is 0. The van der Waals surface area contributed by atoms with Gasteiger partial charge in [-0.2, -0.15) is 0 Å². The lowest BCUT2D eigenvalue weighted by atomic mass is 10.0. The van der Waals surface area contributed by atoms with E-state index in [2.05, 4.69) is 209 Å². The Bertz CT molecular complexity index is 1710. The second kappa shape index (κ2) is 25.5. The summed E-state index contributed by atoms with van der Waals surface area (Å²) in [5, 5.41) is 7.19. The minimum absolute atomic E-state index is 0.157. The summed E-state index contributed by atoms with van der Waals surface area (Å²) >= 11 is 0. The Labute approximate surface area is 351 Å². The van der Waals surface area contributed by atoms with Crippen LogP contribution in [-0.4, -0.2) is 75.5 Å². The first-order valence-electron chi connectivity index (χ1n) is 21.2. The van der Waals surface area contributed by atoms with Crippen LogP contribution in [0.4, 0.5) is 0 Å². The van der Waals surface area contributed by atoms with Gasteiger partial charge in [-0.15, -0.1) is 0 Å². The first kappa shape index (κ1) is 45.8. The van der Waals surface area contributed by atoms with Gasteiger partial charge in [0.05, 0.1) is 87.0 Å². The molecule has 0 fully saturated rings. The summed E-state index contributed by atoms with van der Waals surface area (Å²) in [5.41, 5.74) is 11.8. The van der Waals surface area contributed by atoms with Gasteiger partial charge in [-0.3, -0.25) is 9.80 Å². The lowest BCUT2D eigenvalue weighted by Gasteiger charge is -2.26. The molecule has 4 rings (SSSR count). The van der Waals surface area contributed by atoms with E-state index in [1.54, 1.807) is 0 Å². The van der Waals surface area contributed by atoms with Crippen molar-refractivity contribution in [3.05, 3.63) is 178 Å². The Morgan fingerprint density at radius 1 is 0.483 bits per heavy atom. The number of aryl methyl sites for hydroxylation is 4. The molecule has 4 aromatic rings. The molecule has 6 heteroatoms. The molecule has 0 saturated carbocycles.